The molecule has 3 rings (SSSR count). The van der Waals surface area contributed by atoms with E-state index in [1.165, 1.54) is 5.56 Å². The van der Waals surface area contributed by atoms with Crippen molar-refractivity contribution in [1.29, 1.82) is 0 Å². The highest BCUT2D eigenvalue weighted by Crippen LogP contribution is 2.12. The molecule has 232 valence electrons. The molecule has 0 saturated heterocycles. The van der Waals surface area contributed by atoms with Crippen LogP contribution < -0.4 is 16.4 Å². The lowest BCUT2D eigenvalue weighted by molar-refractivity contribution is -0.137. The van der Waals surface area contributed by atoms with E-state index in [4.69, 9.17) is 10.8 Å². The number of hydrogen-bond donors (Lipinski definition) is 5. The Kier molecular flexibility index (Phi) is 16.4. The Morgan fingerprint density at radius 2 is 1.33 bits per heavy atom. The van der Waals surface area contributed by atoms with Crippen LogP contribution in [0.25, 0.3) is 0 Å². The molecule has 0 bridgehead atoms. The highest BCUT2D eigenvalue weighted by Gasteiger charge is 2.27. The van der Waals surface area contributed by atoms with E-state index in [-0.39, 0.29) is 36.6 Å². The van der Waals surface area contributed by atoms with Gasteiger partial charge >= 0.3 is 5.97 Å². The summed E-state index contributed by atoms with van der Waals surface area (Å²) >= 11 is 0. The van der Waals surface area contributed by atoms with Gasteiger partial charge in [-0.05, 0) is 61.3 Å². The minimum atomic E-state index is -0.962. The Labute approximate surface area is 255 Å². The molecule has 0 aliphatic rings. The molecular formula is C35H47N3O5. The van der Waals surface area contributed by atoms with E-state index < -0.39 is 18.1 Å². The van der Waals surface area contributed by atoms with E-state index in [9.17, 15) is 19.5 Å². The van der Waals surface area contributed by atoms with E-state index in [0.717, 1.165) is 36.9 Å². The number of aliphatic carboxylic acids is 1. The van der Waals surface area contributed by atoms with Crippen molar-refractivity contribution in [1.82, 2.24) is 10.6 Å². The number of aliphatic hydroxyl groups is 1. The lowest BCUT2D eigenvalue weighted by Crippen LogP contribution is -2.54. The Bertz CT molecular complexity index is 1210. The number of nitrogens with two attached hydrogens (primary N) is 1. The van der Waals surface area contributed by atoms with Crippen molar-refractivity contribution in [2.75, 3.05) is 6.54 Å². The summed E-state index contributed by atoms with van der Waals surface area (Å²) in [7, 11) is 0. The summed E-state index contributed by atoms with van der Waals surface area (Å²) in [6.45, 7) is 4.72. The predicted octanol–water partition coefficient (Wildman–Crippen LogP) is 4.29. The van der Waals surface area contributed by atoms with Crippen LogP contribution in [0.1, 0.15) is 56.2 Å². The highest BCUT2D eigenvalue weighted by molar-refractivity contribution is 5.82. The number of aryl methyl sites for hydroxylation is 1. The van der Waals surface area contributed by atoms with Crippen LogP contribution in [0.3, 0.4) is 0 Å². The largest absolute Gasteiger partial charge is 0.481 e. The first-order valence-electron chi connectivity index (χ1n) is 15.0. The number of aliphatic hydroxyl groups excluding tert-OH is 1. The van der Waals surface area contributed by atoms with Crippen LogP contribution >= 0.6 is 0 Å². The standard InChI is InChI=1S/C27H38N2O4.C8H9NO/c1-20(2)26(28-18-10-9-13-21-11-5-3-6-12-21)27(33)29-23(24(30)16-17-25(31)32)19-22-14-7-4-8-15-22;9-8(10)6-7-4-2-1-3-5-7/h3-8,11-12,14-15,20,23-24,26,28,30H,9-10,13,16-19H2,1-2H3,(H,29,33)(H,31,32);1-5H,6H2,(H2,9,10)/t23-,24-,26?;/m0./s1. The van der Waals surface area contributed by atoms with Crippen LogP contribution in [0.5, 0.6) is 0 Å². The van der Waals surface area contributed by atoms with E-state index in [0.29, 0.717) is 12.8 Å². The molecule has 0 aromatic heterocycles. The van der Waals surface area contributed by atoms with Gasteiger partial charge in [0.05, 0.1) is 24.6 Å². The quantitative estimate of drug-likeness (QED) is 0.149. The number of carbonyl (C=O) groups excluding carboxylic acids is 2. The SMILES string of the molecule is CC(C)C(NCCCCc1ccccc1)C(=O)N[C@@H](Cc1ccccc1)[C@@H](O)CCC(=O)O.NC(=O)Cc1ccccc1. The number of unbranched alkanes of at least 4 members (excludes halogenated alkanes) is 1. The molecule has 0 aliphatic heterocycles. The van der Waals surface area contributed by atoms with Gasteiger partial charge < -0.3 is 26.6 Å². The number of hydrogen-bond acceptors (Lipinski definition) is 5. The Hall–Kier alpha value is -4.01. The average molecular weight is 590 g/mol. The molecule has 43 heavy (non-hydrogen) atoms. The Balaban J connectivity index is 0.000000543. The summed E-state index contributed by atoms with van der Waals surface area (Å²) in [5, 5.41) is 26.0. The summed E-state index contributed by atoms with van der Waals surface area (Å²) in [5.74, 6) is -1.33. The van der Waals surface area contributed by atoms with Crippen LogP contribution in [0.2, 0.25) is 0 Å². The van der Waals surface area contributed by atoms with Gasteiger partial charge in [0, 0.05) is 6.42 Å². The topological polar surface area (TPSA) is 142 Å². The molecule has 0 radical (unpaired) electrons. The fraction of sp³-hybridized carbons (Fsp3) is 0.400. The molecule has 0 fully saturated rings. The van der Waals surface area contributed by atoms with Crippen LogP contribution in [0.4, 0.5) is 0 Å². The third-order valence-corrected chi connectivity index (χ3v) is 7.01. The second-order valence-corrected chi connectivity index (χ2v) is 11.1. The minimum Gasteiger partial charge on any atom is -0.481 e. The molecule has 0 saturated carbocycles. The second kappa shape index (κ2) is 20.0. The first-order chi connectivity index (χ1) is 20.7. The number of primary amides is 1. The molecule has 8 heteroatoms. The minimum absolute atomic E-state index is 0.0765. The average Bonchev–Trinajstić information content (AvgIpc) is 2.98. The molecule has 0 heterocycles. The molecule has 8 nitrogen and oxygen atoms in total. The predicted molar refractivity (Wildman–Crippen MR) is 170 cm³/mol. The summed E-state index contributed by atoms with van der Waals surface area (Å²) in [4.78, 5) is 34.5. The number of carboxylic acids is 1. The van der Waals surface area contributed by atoms with Crippen molar-refractivity contribution in [3.63, 3.8) is 0 Å². The number of carboxylic acid groups (broad SMARTS) is 1. The van der Waals surface area contributed by atoms with Crippen LogP contribution in [-0.2, 0) is 33.6 Å². The van der Waals surface area contributed by atoms with Crippen LogP contribution in [0.15, 0.2) is 91.0 Å². The lowest BCUT2D eigenvalue weighted by atomic mass is 9.96. The van der Waals surface area contributed by atoms with Gasteiger partial charge in [0.15, 0.2) is 0 Å². The fourth-order valence-electron chi connectivity index (χ4n) is 4.68. The molecule has 0 spiro atoms. The summed E-state index contributed by atoms with van der Waals surface area (Å²) < 4.78 is 0. The van der Waals surface area contributed by atoms with Crippen molar-refractivity contribution in [2.24, 2.45) is 11.7 Å². The first-order valence-corrected chi connectivity index (χ1v) is 15.0. The van der Waals surface area contributed by atoms with Gasteiger partial charge in [-0.25, -0.2) is 0 Å². The van der Waals surface area contributed by atoms with Crippen LogP contribution in [0, 0.1) is 5.92 Å². The zero-order chi connectivity index (χ0) is 31.5. The number of amides is 2. The molecule has 3 aromatic rings. The van der Waals surface area contributed by atoms with Crippen molar-refractivity contribution in [3.05, 3.63) is 108 Å². The second-order valence-electron chi connectivity index (χ2n) is 11.1. The van der Waals surface area contributed by atoms with E-state index >= 15 is 0 Å². The van der Waals surface area contributed by atoms with E-state index in [1.807, 2.05) is 92.7 Å². The number of carbonyl (C=O) groups is 3. The van der Waals surface area contributed by atoms with Gasteiger partial charge in [0.25, 0.3) is 0 Å². The Morgan fingerprint density at radius 1 is 0.791 bits per heavy atom. The van der Waals surface area contributed by atoms with E-state index in [2.05, 4.69) is 22.8 Å². The fourth-order valence-corrected chi connectivity index (χ4v) is 4.68. The Morgan fingerprint density at radius 3 is 1.84 bits per heavy atom. The molecule has 2 amide bonds. The normalized spacial score (nSPS) is 12.8. The summed E-state index contributed by atoms with van der Waals surface area (Å²) in [6, 6.07) is 28.5. The number of nitrogens with one attached hydrogen (secondary N) is 2. The van der Waals surface area contributed by atoms with Crippen molar-refractivity contribution < 1.29 is 24.6 Å². The molecule has 1 unspecified atom stereocenters. The van der Waals surface area contributed by atoms with Crippen LogP contribution in [-0.4, -0.2) is 52.7 Å². The van der Waals surface area contributed by atoms with Crippen molar-refractivity contribution in [2.45, 2.75) is 77.0 Å². The highest BCUT2D eigenvalue weighted by atomic mass is 16.4. The third-order valence-electron chi connectivity index (χ3n) is 7.01. The molecular weight excluding hydrogens is 542 g/mol. The van der Waals surface area contributed by atoms with Gasteiger partial charge in [0.1, 0.15) is 0 Å². The maximum Gasteiger partial charge on any atom is 0.303 e. The van der Waals surface area contributed by atoms with E-state index in [1.54, 1.807) is 0 Å². The van der Waals surface area contributed by atoms with Gasteiger partial charge in [-0.15, -0.1) is 0 Å². The van der Waals surface area contributed by atoms with Gasteiger partial charge in [-0.2, -0.15) is 0 Å². The first kappa shape index (κ1) is 35.2. The number of rotatable bonds is 17. The maximum atomic E-state index is 13.1. The monoisotopic (exact) mass is 589 g/mol. The van der Waals surface area contributed by atoms with Crippen molar-refractivity contribution >= 4 is 17.8 Å². The van der Waals surface area contributed by atoms with Crippen molar-refractivity contribution in [3.8, 4) is 0 Å². The summed E-state index contributed by atoms with van der Waals surface area (Å²) in [5.41, 5.74) is 8.25. The van der Waals surface area contributed by atoms with Gasteiger partial charge in [-0.1, -0.05) is 105 Å². The molecule has 3 atom stereocenters. The third kappa shape index (κ3) is 15.2. The smallest absolute Gasteiger partial charge is 0.303 e. The lowest BCUT2D eigenvalue weighted by Gasteiger charge is -2.28. The van der Waals surface area contributed by atoms with Gasteiger partial charge in [-0.3, -0.25) is 14.4 Å². The zero-order valence-electron chi connectivity index (χ0n) is 25.3. The molecule has 3 aromatic carbocycles. The number of benzene rings is 3. The molecule has 0 aliphatic carbocycles. The van der Waals surface area contributed by atoms with Gasteiger partial charge in [0.2, 0.25) is 11.8 Å². The molecule has 6 N–H and O–H groups in total. The maximum absolute atomic E-state index is 13.1. The zero-order valence-corrected chi connectivity index (χ0v) is 25.3. The summed E-state index contributed by atoms with van der Waals surface area (Å²) in [6.07, 6.45) is 2.78.